The van der Waals surface area contributed by atoms with Crippen molar-refractivity contribution < 1.29 is 14.3 Å². The van der Waals surface area contributed by atoms with Crippen LogP contribution in [0.3, 0.4) is 0 Å². The van der Waals surface area contributed by atoms with Crippen molar-refractivity contribution in [1.82, 2.24) is 5.32 Å². The number of amides is 1. The number of hydrogen-bond acceptors (Lipinski definition) is 3. The van der Waals surface area contributed by atoms with Gasteiger partial charge in [-0.1, -0.05) is 6.92 Å². The van der Waals surface area contributed by atoms with Crippen LogP contribution in [0.15, 0.2) is 16.5 Å². The minimum absolute atomic E-state index is 0.0560. The molecule has 1 aliphatic carbocycles. The summed E-state index contributed by atoms with van der Waals surface area (Å²) in [5.74, 6) is 2.13. The summed E-state index contributed by atoms with van der Waals surface area (Å²) in [6, 6.07) is 3.57. The molecular weight excluding hydrogens is 254 g/mol. The molecule has 1 amide bonds. The highest BCUT2D eigenvalue weighted by molar-refractivity contribution is 5.78. The summed E-state index contributed by atoms with van der Waals surface area (Å²) in [4.78, 5) is 12.1. The third kappa shape index (κ3) is 3.63. The van der Waals surface area contributed by atoms with Crippen LogP contribution in [0, 0.1) is 18.8 Å². The summed E-state index contributed by atoms with van der Waals surface area (Å²) in [5.41, 5.74) is -1.16. The number of nitrogens with one attached hydrogen (secondary N) is 1. The number of hydrogen-bond donors (Lipinski definition) is 2. The Morgan fingerprint density at radius 2 is 2.05 bits per heavy atom. The number of aryl methyl sites for hydroxylation is 1. The number of furan rings is 1. The van der Waals surface area contributed by atoms with Gasteiger partial charge in [-0.05, 0) is 57.6 Å². The molecule has 1 fully saturated rings. The molecule has 2 rings (SSSR count). The second-order valence-electron chi connectivity index (χ2n) is 6.36. The summed E-state index contributed by atoms with van der Waals surface area (Å²) in [6.45, 7) is 5.92. The van der Waals surface area contributed by atoms with Crippen molar-refractivity contribution >= 4 is 5.91 Å². The zero-order chi connectivity index (χ0) is 14.8. The monoisotopic (exact) mass is 279 g/mol. The molecule has 4 nitrogen and oxygen atoms in total. The lowest BCUT2D eigenvalue weighted by Crippen LogP contribution is -2.41. The van der Waals surface area contributed by atoms with E-state index in [1.807, 2.05) is 13.0 Å². The largest absolute Gasteiger partial charge is 0.463 e. The summed E-state index contributed by atoms with van der Waals surface area (Å²) in [6.07, 6.45) is 4.14. The van der Waals surface area contributed by atoms with E-state index in [4.69, 9.17) is 4.42 Å². The van der Waals surface area contributed by atoms with Crippen LogP contribution in [0.1, 0.15) is 51.1 Å². The Kier molecular flexibility index (Phi) is 4.53. The van der Waals surface area contributed by atoms with E-state index in [1.54, 1.807) is 13.0 Å². The molecule has 1 aliphatic rings. The Labute approximate surface area is 120 Å². The van der Waals surface area contributed by atoms with E-state index in [-0.39, 0.29) is 18.4 Å². The molecule has 0 aliphatic heterocycles. The molecule has 1 aromatic rings. The van der Waals surface area contributed by atoms with Crippen molar-refractivity contribution in [3.63, 3.8) is 0 Å². The molecule has 1 unspecified atom stereocenters. The maximum Gasteiger partial charge on any atom is 0.223 e. The summed E-state index contributed by atoms with van der Waals surface area (Å²) in [5, 5.41) is 13.2. The molecule has 0 saturated heterocycles. The highest BCUT2D eigenvalue weighted by Crippen LogP contribution is 2.28. The third-order valence-corrected chi connectivity index (χ3v) is 4.26. The zero-order valence-electron chi connectivity index (χ0n) is 12.6. The number of rotatable bonds is 4. The standard InChI is InChI=1S/C16H25NO3/c1-11-4-7-13(8-5-11)15(18)17-10-16(3,19)14-9-6-12(2)20-14/h6,9,11,13,19H,4-5,7-8,10H2,1-3H3,(H,17,18). The van der Waals surface area contributed by atoms with E-state index in [9.17, 15) is 9.90 Å². The van der Waals surface area contributed by atoms with Crippen molar-refractivity contribution in [2.75, 3.05) is 6.54 Å². The fourth-order valence-corrected chi connectivity index (χ4v) is 2.74. The summed E-state index contributed by atoms with van der Waals surface area (Å²) >= 11 is 0. The van der Waals surface area contributed by atoms with Crippen molar-refractivity contribution in [3.8, 4) is 0 Å². The number of aliphatic hydroxyl groups is 1. The molecule has 1 aromatic heterocycles. The lowest BCUT2D eigenvalue weighted by Gasteiger charge is -2.27. The van der Waals surface area contributed by atoms with Crippen LogP contribution in [-0.2, 0) is 10.4 Å². The van der Waals surface area contributed by atoms with Gasteiger partial charge in [-0.15, -0.1) is 0 Å². The first-order chi connectivity index (χ1) is 9.38. The van der Waals surface area contributed by atoms with E-state index in [2.05, 4.69) is 12.2 Å². The number of carbonyl (C=O) groups is 1. The minimum Gasteiger partial charge on any atom is -0.463 e. The molecule has 1 atom stereocenters. The lowest BCUT2D eigenvalue weighted by molar-refractivity contribution is -0.127. The van der Waals surface area contributed by atoms with Gasteiger partial charge in [0.15, 0.2) is 0 Å². The van der Waals surface area contributed by atoms with Crippen molar-refractivity contribution in [2.45, 2.75) is 52.1 Å². The van der Waals surface area contributed by atoms with Crippen molar-refractivity contribution in [2.24, 2.45) is 11.8 Å². The molecule has 0 spiro atoms. The molecule has 20 heavy (non-hydrogen) atoms. The molecular formula is C16H25NO3. The SMILES string of the molecule is Cc1ccc(C(C)(O)CNC(=O)C2CCC(C)CC2)o1. The fraction of sp³-hybridized carbons (Fsp3) is 0.688. The molecule has 4 heteroatoms. The van der Waals surface area contributed by atoms with Crippen LogP contribution < -0.4 is 5.32 Å². The van der Waals surface area contributed by atoms with Crippen LogP contribution in [0.4, 0.5) is 0 Å². The van der Waals surface area contributed by atoms with E-state index >= 15 is 0 Å². The van der Waals surface area contributed by atoms with Gasteiger partial charge in [0.25, 0.3) is 0 Å². The van der Waals surface area contributed by atoms with Gasteiger partial charge in [0, 0.05) is 5.92 Å². The van der Waals surface area contributed by atoms with Crippen molar-refractivity contribution in [3.05, 3.63) is 23.7 Å². The van der Waals surface area contributed by atoms with Gasteiger partial charge < -0.3 is 14.8 Å². The molecule has 0 aromatic carbocycles. The second-order valence-corrected chi connectivity index (χ2v) is 6.36. The Morgan fingerprint density at radius 1 is 1.40 bits per heavy atom. The maximum atomic E-state index is 12.1. The lowest BCUT2D eigenvalue weighted by atomic mass is 9.82. The first-order valence-corrected chi connectivity index (χ1v) is 7.45. The normalized spacial score (nSPS) is 26.0. The van der Waals surface area contributed by atoms with E-state index in [0.717, 1.165) is 37.4 Å². The van der Waals surface area contributed by atoms with Crippen LogP contribution in [0.2, 0.25) is 0 Å². The highest BCUT2D eigenvalue weighted by Gasteiger charge is 2.30. The first-order valence-electron chi connectivity index (χ1n) is 7.45. The molecule has 2 N–H and O–H groups in total. The first kappa shape index (κ1) is 15.1. The Morgan fingerprint density at radius 3 is 2.60 bits per heavy atom. The molecule has 112 valence electrons. The molecule has 1 saturated carbocycles. The Balaban J connectivity index is 1.86. The summed E-state index contributed by atoms with van der Waals surface area (Å²) < 4.78 is 5.44. The number of carbonyl (C=O) groups excluding carboxylic acids is 1. The molecule has 0 radical (unpaired) electrons. The van der Waals surface area contributed by atoms with E-state index in [0.29, 0.717) is 5.76 Å². The maximum absolute atomic E-state index is 12.1. The van der Waals surface area contributed by atoms with Crippen LogP contribution >= 0.6 is 0 Å². The molecule has 0 bridgehead atoms. The Bertz CT molecular complexity index is 456. The van der Waals surface area contributed by atoms with Gasteiger partial charge >= 0.3 is 0 Å². The predicted molar refractivity (Wildman–Crippen MR) is 77.1 cm³/mol. The van der Waals surface area contributed by atoms with Gasteiger partial charge in [0.2, 0.25) is 5.91 Å². The predicted octanol–water partition coefficient (Wildman–Crippen LogP) is 2.74. The van der Waals surface area contributed by atoms with Gasteiger partial charge in [-0.2, -0.15) is 0 Å². The topological polar surface area (TPSA) is 62.5 Å². The van der Waals surface area contributed by atoms with Crippen LogP contribution in [-0.4, -0.2) is 17.6 Å². The second kappa shape index (κ2) is 6.00. The average Bonchev–Trinajstić information content (AvgIpc) is 2.84. The highest BCUT2D eigenvalue weighted by atomic mass is 16.4. The van der Waals surface area contributed by atoms with Crippen LogP contribution in [0.25, 0.3) is 0 Å². The zero-order valence-corrected chi connectivity index (χ0v) is 12.6. The van der Waals surface area contributed by atoms with Crippen molar-refractivity contribution in [1.29, 1.82) is 0 Å². The fourth-order valence-electron chi connectivity index (χ4n) is 2.74. The minimum atomic E-state index is -1.16. The third-order valence-electron chi connectivity index (χ3n) is 4.26. The average molecular weight is 279 g/mol. The summed E-state index contributed by atoms with van der Waals surface area (Å²) in [7, 11) is 0. The van der Waals surface area contributed by atoms with Crippen LogP contribution in [0.5, 0.6) is 0 Å². The van der Waals surface area contributed by atoms with Gasteiger partial charge in [-0.25, -0.2) is 0 Å². The van der Waals surface area contributed by atoms with Gasteiger partial charge in [0.1, 0.15) is 17.1 Å². The van der Waals surface area contributed by atoms with Gasteiger partial charge in [0.05, 0.1) is 6.54 Å². The smallest absolute Gasteiger partial charge is 0.223 e. The van der Waals surface area contributed by atoms with E-state index < -0.39 is 5.60 Å². The van der Waals surface area contributed by atoms with E-state index in [1.165, 1.54) is 0 Å². The Hall–Kier alpha value is -1.29. The van der Waals surface area contributed by atoms with Gasteiger partial charge in [-0.3, -0.25) is 4.79 Å². The quantitative estimate of drug-likeness (QED) is 0.890. The molecule has 1 heterocycles.